The lowest BCUT2D eigenvalue weighted by Crippen LogP contribution is -2.33. The van der Waals surface area contributed by atoms with Crippen LogP contribution in [0, 0.1) is 0 Å². The molecular weight excluding hydrogens is 298 g/mol. The second-order valence-corrected chi connectivity index (χ2v) is 5.05. The van der Waals surface area contributed by atoms with Gasteiger partial charge < -0.3 is 14.9 Å². The number of amides is 2. The summed E-state index contributed by atoms with van der Waals surface area (Å²) in [6.07, 6.45) is 1.32. The molecule has 1 fully saturated rings. The van der Waals surface area contributed by atoms with E-state index in [1.165, 1.54) is 13.2 Å². The molecule has 1 aliphatic rings. The quantitative estimate of drug-likeness (QED) is 0.812. The maximum absolute atomic E-state index is 12.0. The number of carboxylic acid groups (broad SMARTS) is 1. The summed E-state index contributed by atoms with van der Waals surface area (Å²) in [5.41, 5.74) is 0.301. The van der Waals surface area contributed by atoms with Crippen molar-refractivity contribution in [1.29, 1.82) is 0 Å². The zero-order valence-corrected chi connectivity index (χ0v) is 11.7. The van der Waals surface area contributed by atoms with Crippen LogP contribution in [-0.4, -0.2) is 45.9 Å². The average molecular weight is 309 g/mol. The van der Waals surface area contributed by atoms with Crippen molar-refractivity contribution < 1.29 is 29.3 Å². The minimum atomic E-state index is -1.28. The summed E-state index contributed by atoms with van der Waals surface area (Å²) in [6, 6.07) is 4.71. The van der Waals surface area contributed by atoms with E-state index < -0.39 is 23.7 Å². The van der Waals surface area contributed by atoms with E-state index in [0.29, 0.717) is 22.2 Å². The predicted molar refractivity (Wildman–Crippen MR) is 75.0 cm³/mol. The van der Waals surface area contributed by atoms with Crippen molar-refractivity contribution in [2.45, 2.75) is 0 Å². The number of aromatic hydroxyl groups is 1. The number of ether oxygens (including phenoxy) is 1. The summed E-state index contributed by atoms with van der Waals surface area (Å²) in [7, 11) is 1.39. The number of benzene rings is 1. The summed E-state index contributed by atoms with van der Waals surface area (Å²) in [5.74, 6) is -1.91. The lowest BCUT2D eigenvalue weighted by molar-refractivity contribution is -0.140. The number of thioether (sulfide) groups is 1. The molecule has 21 heavy (non-hydrogen) atoms. The standard InChI is InChI=1S/C13H11NO6S/c1-20-8-4-2-3-7(11(8)17)5-9-12(18)14(6-10(15)16)13(19)21-9/h2-5,17H,6H2,1H3,(H,15,16). The fraction of sp³-hybridized carbons (Fsp3) is 0.154. The first kappa shape index (κ1) is 14.9. The number of phenolic OH excluding ortho intramolecular Hbond substituents is 1. The molecule has 1 aromatic carbocycles. The summed E-state index contributed by atoms with van der Waals surface area (Å²) < 4.78 is 4.95. The van der Waals surface area contributed by atoms with Crippen molar-refractivity contribution in [2.24, 2.45) is 0 Å². The molecule has 7 nitrogen and oxygen atoms in total. The van der Waals surface area contributed by atoms with Crippen molar-refractivity contribution in [1.82, 2.24) is 4.90 Å². The zero-order chi connectivity index (χ0) is 15.6. The lowest BCUT2D eigenvalue weighted by Gasteiger charge is -2.08. The van der Waals surface area contributed by atoms with E-state index in [4.69, 9.17) is 9.84 Å². The highest BCUT2D eigenvalue weighted by Gasteiger charge is 2.36. The average Bonchev–Trinajstić information content (AvgIpc) is 2.68. The summed E-state index contributed by atoms with van der Waals surface area (Å²) >= 11 is 0.624. The number of phenols is 1. The highest BCUT2D eigenvalue weighted by molar-refractivity contribution is 8.18. The van der Waals surface area contributed by atoms with Crippen molar-refractivity contribution in [3.63, 3.8) is 0 Å². The largest absolute Gasteiger partial charge is 0.504 e. The second kappa shape index (κ2) is 5.88. The first-order valence-corrected chi connectivity index (χ1v) is 6.59. The fourth-order valence-corrected chi connectivity index (χ4v) is 2.56. The number of rotatable bonds is 4. The molecule has 2 rings (SSSR count). The Kier molecular flexibility index (Phi) is 4.18. The Morgan fingerprint density at radius 3 is 2.76 bits per heavy atom. The van der Waals surface area contributed by atoms with Gasteiger partial charge in [-0.1, -0.05) is 12.1 Å². The molecule has 0 radical (unpaired) electrons. The lowest BCUT2D eigenvalue weighted by atomic mass is 10.1. The van der Waals surface area contributed by atoms with Crippen LogP contribution in [0.15, 0.2) is 23.1 Å². The molecule has 1 aromatic rings. The molecular formula is C13H11NO6S. The van der Waals surface area contributed by atoms with Crippen LogP contribution in [-0.2, 0) is 9.59 Å². The van der Waals surface area contributed by atoms with Gasteiger partial charge in [-0.25, -0.2) is 0 Å². The van der Waals surface area contributed by atoms with E-state index in [1.807, 2.05) is 0 Å². The Balaban J connectivity index is 2.33. The molecule has 8 heteroatoms. The van der Waals surface area contributed by atoms with Crippen LogP contribution in [0.4, 0.5) is 4.79 Å². The second-order valence-electron chi connectivity index (χ2n) is 4.06. The molecule has 0 spiro atoms. The van der Waals surface area contributed by atoms with Crippen molar-refractivity contribution in [3.05, 3.63) is 28.7 Å². The molecule has 2 N–H and O–H groups in total. The molecule has 0 bridgehead atoms. The van der Waals surface area contributed by atoms with Gasteiger partial charge in [-0.05, 0) is 23.9 Å². The molecule has 0 saturated carbocycles. The van der Waals surface area contributed by atoms with E-state index in [2.05, 4.69) is 0 Å². The van der Waals surface area contributed by atoms with Gasteiger partial charge in [0.05, 0.1) is 12.0 Å². The minimum Gasteiger partial charge on any atom is -0.504 e. The van der Waals surface area contributed by atoms with Gasteiger partial charge in [-0.3, -0.25) is 19.3 Å². The molecule has 0 unspecified atom stereocenters. The van der Waals surface area contributed by atoms with Gasteiger partial charge in [0, 0.05) is 5.56 Å². The number of carbonyl (C=O) groups is 3. The Bertz CT molecular complexity index is 654. The molecule has 0 aliphatic carbocycles. The Morgan fingerprint density at radius 2 is 2.14 bits per heavy atom. The maximum Gasteiger partial charge on any atom is 0.323 e. The number of para-hydroxylation sites is 1. The molecule has 110 valence electrons. The third kappa shape index (κ3) is 3.00. The molecule has 1 aliphatic heterocycles. The number of hydrogen-bond donors (Lipinski definition) is 2. The Labute approximate surface area is 123 Å². The SMILES string of the molecule is COc1cccc(C=C2SC(=O)N(CC(=O)O)C2=O)c1O. The number of carboxylic acids is 1. The van der Waals surface area contributed by atoms with Gasteiger partial charge in [-0.15, -0.1) is 0 Å². The van der Waals surface area contributed by atoms with Crippen molar-refractivity contribution in [3.8, 4) is 11.5 Å². The molecule has 2 amide bonds. The predicted octanol–water partition coefficient (Wildman–Crippen LogP) is 1.52. The normalized spacial score (nSPS) is 16.6. The van der Waals surface area contributed by atoms with Crippen LogP contribution < -0.4 is 4.74 Å². The molecule has 0 atom stereocenters. The summed E-state index contributed by atoms with van der Waals surface area (Å²) in [4.78, 5) is 34.9. The van der Waals surface area contributed by atoms with Crippen LogP contribution in [0.25, 0.3) is 6.08 Å². The summed E-state index contributed by atoms with van der Waals surface area (Å²) in [6.45, 7) is -0.688. The monoisotopic (exact) mass is 309 g/mol. The Morgan fingerprint density at radius 1 is 1.43 bits per heavy atom. The molecule has 0 aromatic heterocycles. The number of nitrogens with zero attached hydrogens (tertiary/aromatic N) is 1. The molecule has 1 saturated heterocycles. The van der Waals surface area contributed by atoms with E-state index in [0.717, 1.165) is 0 Å². The number of carbonyl (C=O) groups excluding carboxylic acids is 2. The van der Waals surface area contributed by atoms with Gasteiger partial charge in [0.1, 0.15) is 6.54 Å². The topological polar surface area (TPSA) is 104 Å². The van der Waals surface area contributed by atoms with Gasteiger partial charge >= 0.3 is 5.97 Å². The van der Waals surface area contributed by atoms with Crippen molar-refractivity contribution in [2.75, 3.05) is 13.7 Å². The van der Waals surface area contributed by atoms with Crippen molar-refractivity contribution >= 4 is 35.0 Å². The van der Waals surface area contributed by atoms with E-state index >= 15 is 0 Å². The van der Waals surface area contributed by atoms with Gasteiger partial charge in [0.15, 0.2) is 11.5 Å². The van der Waals surface area contributed by atoms with Crippen LogP contribution >= 0.6 is 11.8 Å². The van der Waals surface area contributed by atoms with Gasteiger partial charge in [0.25, 0.3) is 11.1 Å². The third-order valence-electron chi connectivity index (χ3n) is 2.70. The number of imide groups is 1. The fourth-order valence-electron chi connectivity index (χ4n) is 1.73. The smallest absolute Gasteiger partial charge is 0.323 e. The van der Waals surface area contributed by atoms with Gasteiger partial charge in [-0.2, -0.15) is 0 Å². The van der Waals surface area contributed by atoms with E-state index in [1.54, 1.807) is 18.2 Å². The number of hydrogen-bond acceptors (Lipinski definition) is 6. The van der Waals surface area contributed by atoms with Gasteiger partial charge in [0.2, 0.25) is 0 Å². The highest BCUT2D eigenvalue weighted by Crippen LogP contribution is 2.36. The third-order valence-corrected chi connectivity index (χ3v) is 3.61. The van der Waals surface area contributed by atoms with Crippen LogP contribution in [0.1, 0.15) is 5.56 Å². The number of aliphatic carboxylic acids is 1. The van der Waals surface area contributed by atoms with E-state index in [9.17, 15) is 19.5 Å². The zero-order valence-electron chi connectivity index (χ0n) is 10.9. The van der Waals surface area contributed by atoms with Crippen LogP contribution in [0.2, 0.25) is 0 Å². The van der Waals surface area contributed by atoms with Crippen LogP contribution in [0.3, 0.4) is 0 Å². The summed E-state index contributed by atoms with van der Waals surface area (Å²) in [5, 5.41) is 17.9. The maximum atomic E-state index is 12.0. The first-order valence-electron chi connectivity index (χ1n) is 5.77. The first-order chi connectivity index (χ1) is 9.93. The van der Waals surface area contributed by atoms with Crippen LogP contribution in [0.5, 0.6) is 11.5 Å². The highest BCUT2D eigenvalue weighted by atomic mass is 32.2. The van der Waals surface area contributed by atoms with E-state index in [-0.39, 0.29) is 16.4 Å². The molecule has 1 heterocycles. The minimum absolute atomic E-state index is 0.0461. The number of methoxy groups -OCH3 is 1. The Hall–Kier alpha value is -2.48.